The van der Waals surface area contributed by atoms with Crippen molar-refractivity contribution in [2.45, 2.75) is 32.0 Å². The molecule has 100 valence electrons. The highest BCUT2D eigenvalue weighted by Gasteiger charge is 2.37. The molecule has 0 aromatic heterocycles. The summed E-state index contributed by atoms with van der Waals surface area (Å²) in [5.74, 6) is -0.400. The summed E-state index contributed by atoms with van der Waals surface area (Å²) in [5, 5.41) is 0.289. The fraction of sp³-hybridized carbons (Fsp3) is 0.500. The lowest BCUT2D eigenvalue weighted by Crippen LogP contribution is -2.18. The van der Waals surface area contributed by atoms with E-state index in [0.717, 1.165) is 0 Å². The molecule has 0 saturated carbocycles. The molecule has 18 heavy (non-hydrogen) atoms. The van der Waals surface area contributed by atoms with E-state index in [1.165, 1.54) is 12.1 Å². The molecule has 1 aliphatic rings. The molecule has 0 aliphatic carbocycles. The van der Waals surface area contributed by atoms with Crippen LogP contribution in [0, 0.1) is 5.82 Å². The van der Waals surface area contributed by atoms with E-state index in [1.807, 2.05) is 0 Å². The molecule has 2 atom stereocenters. The predicted molar refractivity (Wildman–Crippen MR) is 68.5 cm³/mol. The quantitative estimate of drug-likeness (QED) is 0.750. The van der Waals surface area contributed by atoms with E-state index >= 15 is 0 Å². The van der Waals surface area contributed by atoms with Gasteiger partial charge in [0.2, 0.25) is 0 Å². The fourth-order valence-corrected chi connectivity index (χ4v) is 3.62. The lowest BCUT2D eigenvalue weighted by Gasteiger charge is -2.32. The van der Waals surface area contributed by atoms with E-state index in [9.17, 15) is 8.96 Å². The lowest BCUT2D eigenvalue weighted by molar-refractivity contribution is 0.0781. The second-order valence-corrected chi connectivity index (χ2v) is 7.50. The van der Waals surface area contributed by atoms with Gasteiger partial charge in [-0.15, -0.1) is 0 Å². The Balaban J connectivity index is 2.26. The molecule has 1 heterocycles. The molecule has 1 aliphatic heterocycles. The summed E-state index contributed by atoms with van der Waals surface area (Å²) >= 11 is 5.99. The van der Waals surface area contributed by atoms with Crippen LogP contribution in [0.4, 0.5) is 4.39 Å². The maximum absolute atomic E-state index is 13.0. The zero-order chi connectivity index (χ0) is 13.3. The average molecular weight is 293 g/mol. The van der Waals surface area contributed by atoms with Crippen LogP contribution in [-0.2, 0) is 13.6 Å². The third kappa shape index (κ3) is 2.77. The van der Waals surface area contributed by atoms with Gasteiger partial charge in [0, 0.05) is 17.0 Å². The topological polar surface area (TPSA) is 35.5 Å². The minimum absolute atomic E-state index is 0.209. The molecule has 1 aromatic rings. The van der Waals surface area contributed by atoms with Gasteiger partial charge in [0.05, 0.1) is 18.4 Å². The van der Waals surface area contributed by atoms with E-state index in [4.69, 9.17) is 20.6 Å². The van der Waals surface area contributed by atoms with Crippen molar-refractivity contribution >= 4 is 19.2 Å². The van der Waals surface area contributed by atoms with Gasteiger partial charge in [0.1, 0.15) is 5.82 Å². The minimum atomic E-state index is -3.09. The summed E-state index contributed by atoms with van der Waals surface area (Å²) in [7, 11) is -3.09. The van der Waals surface area contributed by atoms with E-state index < -0.39 is 19.5 Å². The Morgan fingerprint density at radius 1 is 1.50 bits per heavy atom. The highest BCUT2D eigenvalue weighted by molar-refractivity contribution is 7.54. The third-order valence-electron chi connectivity index (χ3n) is 2.87. The molecule has 1 aromatic carbocycles. The Labute approximate surface area is 111 Å². The van der Waals surface area contributed by atoms with Crippen LogP contribution in [0.15, 0.2) is 18.2 Å². The Kier molecular flexibility index (Phi) is 4.12. The maximum Gasteiger partial charge on any atom is 0.333 e. The number of benzene rings is 1. The molecule has 0 N–H and O–H groups in total. The number of hydrogen-bond acceptors (Lipinski definition) is 3. The van der Waals surface area contributed by atoms with Crippen molar-refractivity contribution in [2.75, 3.05) is 6.61 Å². The second-order valence-electron chi connectivity index (χ2n) is 4.52. The SMILES string of the molecule is CC(C)P1(=O)OCCC(c2ccc(F)cc2Cl)O1. The van der Waals surface area contributed by atoms with Gasteiger partial charge in [-0.25, -0.2) is 4.39 Å². The van der Waals surface area contributed by atoms with Gasteiger partial charge < -0.3 is 9.05 Å². The first-order valence-electron chi connectivity index (χ1n) is 5.80. The summed E-state index contributed by atoms with van der Waals surface area (Å²) in [6.07, 6.45) is 0.155. The van der Waals surface area contributed by atoms with Gasteiger partial charge in [-0.1, -0.05) is 31.5 Å². The van der Waals surface area contributed by atoms with Crippen molar-refractivity contribution in [3.05, 3.63) is 34.6 Å². The first-order chi connectivity index (χ1) is 8.42. The lowest BCUT2D eigenvalue weighted by atomic mass is 10.1. The fourth-order valence-electron chi connectivity index (χ4n) is 1.79. The van der Waals surface area contributed by atoms with E-state index in [0.29, 0.717) is 18.6 Å². The molecule has 3 nitrogen and oxygen atoms in total. The molecular weight excluding hydrogens is 278 g/mol. The predicted octanol–water partition coefficient (Wildman–Crippen LogP) is 4.56. The number of rotatable bonds is 2. The van der Waals surface area contributed by atoms with Crippen LogP contribution in [0.3, 0.4) is 0 Å². The molecule has 2 rings (SSSR count). The summed E-state index contributed by atoms with van der Waals surface area (Å²) in [5.41, 5.74) is 0.446. The van der Waals surface area contributed by atoms with Gasteiger partial charge >= 0.3 is 7.60 Å². The van der Waals surface area contributed by atoms with Gasteiger partial charge in [-0.3, -0.25) is 4.57 Å². The van der Waals surface area contributed by atoms with Crippen LogP contribution >= 0.6 is 19.2 Å². The first-order valence-corrected chi connectivity index (χ1v) is 7.79. The molecule has 1 fully saturated rings. The summed E-state index contributed by atoms with van der Waals surface area (Å²) < 4.78 is 36.2. The molecule has 0 radical (unpaired) electrons. The van der Waals surface area contributed by atoms with Crippen LogP contribution in [-0.4, -0.2) is 12.3 Å². The van der Waals surface area contributed by atoms with Crippen molar-refractivity contribution in [1.82, 2.24) is 0 Å². The largest absolute Gasteiger partial charge is 0.333 e. The van der Waals surface area contributed by atoms with Gasteiger partial charge in [-0.05, 0) is 12.1 Å². The Morgan fingerprint density at radius 2 is 2.22 bits per heavy atom. The monoisotopic (exact) mass is 292 g/mol. The highest BCUT2D eigenvalue weighted by Crippen LogP contribution is 2.59. The molecule has 0 bridgehead atoms. The standard InChI is InChI=1S/C12H15ClFO3P/c1-8(2)18(15)16-6-5-12(17-18)10-4-3-9(14)7-11(10)13/h3-4,7-8,12H,5-6H2,1-2H3. The Hall–Kier alpha value is -0.410. The zero-order valence-electron chi connectivity index (χ0n) is 10.2. The molecular formula is C12H15ClFO3P. The van der Waals surface area contributed by atoms with Crippen molar-refractivity contribution < 1.29 is 18.0 Å². The highest BCUT2D eigenvalue weighted by atomic mass is 35.5. The van der Waals surface area contributed by atoms with Crippen LogP contribution in [0.1, 0.15) is 31.9 Å². The smallest absolute Gasteiger partial charge is 0.308 e. The Bertz CT molecular complexity index is 492. The van der Waals surface area contributed by atoms with Crippen molar-refractivity contribution in [2.24, 2.45) is 0 Å². The second kappa shape index (κ2) is 5.30. The van der Waals surface area contributed by atoms with Crippen LogP contribution in [0.5, 0.6) is 0 Å². The third-order valence-corrected chi connectivity index (χ3v) is 5.55. The summed E-state index contributed by atoms with van der Waals surface area (Å²) in [4.78, 5) is 0. The molecule has 6 heteroatoms. The van der Waals surface area contributed by atoms with Gasteiger partial charge in [0.25, 0.3) is 0 Å². The molecule has 0 amide bonds. The summed E-state index contributed by atoms with van der Waals surface area (Å²) in [6, 6.07) is 4.12. The maximum atomic E-state index is 13.0. The Morgan fingerprint density at radius 3 is 2.83 bits per heavy atom. The first kappa shape index (κ1) is 14.0. The van der Waals surface area contributed by atoms with Gasteiger partial charge in [-0.2, -0.15) is 0 Å². The van der Waals surface area contributed by atoms with E-state index in [-0.39, 0.29) is 10.7 Å². The van der Waals surface area contributed by atoms with Crippen LogP contribution in [0.2, 0.25) is 5.02 Å². The van der Waals surface area contributed by atoms with E-state index in [1.54, 1.807) is 19.9 Å². The van der Waals surface area contributed by atoms with Crippen LogP contribution < -0.4 is 0 Å². The van der Waals surface area contributed by atoms with E-state index in [2.05, 4.69) is 0 Å². The van der Waals surface area contributed by atoms with Crippen molar-refractivity contribution in [1.29, 1.82) is 0 Å². The molecule has 0 spiro atoms. The number of halogens is 2. The van der Waals surface area contributed by atoms with Crippen molar-refractivity contribution in [3.8, 4) is 0 Å². The average Bonchev–Trinajstić information content (AvgIpc) is 2.28. The number of hydrogen-bond donors (Lipinski definition) is 0. The van der Waals surface area contributed by atoms with Crippen LogP contribution in [0.25, 0.3) is 0 Å². The minimum Gasteiger partial charge on any atom is -0.308 e. The van der Waals surface area contributed by atoms with Gasteiger partial charge in [0.15, 0.2) is 0 Å². The molecule has 1 saturated heterocycles. The van der Waals surface area contributed by atoms with Crippen molar-refractivity contribution in [3.63, 3.8) is 0 Å². The normalized spacial score (nSPS) is 28.6. The molecule has 2 unspecified atom stereocenters. The zero-order valence-corrected chi connectivity index (χ0v) is 11.9. The summed E-state index contributed by atoms with van der Waals surface area (Å²) in [6.45, 7) is 3.93.